The van der Waals surface area contributed by atoms with E-state index in [2.05, 4.69) is 4.98 Å². The van der Waals surface area contributed by atoms with Crippen molar-refractivity contribution in [3.8, 4) is 11.5 Å². The van der Waals surface area contributed by atoms with Crippen LogP contribution in [-0.2, 0) is 0 Å². The van der Waals surface area contributed by atoms with Gasteiger partial charge in [-0.05, 0) is 30.3 Å². The number of hydrogen-bond acceptors (Lipinski definition) is 5. The molecule has 0 spiro atoms. The van der Waals surface area contributed by atoms with Crippen molar-refractivity contribution in [2.45, 2.75) is 4.90 Å². The number of aromatic nitrogens is 1. The quantitative estimate of drug-likeness (QED) is 0.502. The maximum atomic E-state index is 11.9. The van der Waals surface area contributed by atoms with Crippen LogP contribution in [-0.4, -0.2) is 26.7 Å². The summed E-state index contributed by atoms with van der Waals surface area (Å²) in [7, 11) is 0. The standard InChI is InChI=1S/C13H11NO3S/c15-11-2-1-9(7-12(11)16)13(17)8-18-10-3-5-14-6-4-10/h1-7,15-16H,8H2. The number of hydrogen-bond donors (Lipinski definition) is 2. The van der Waals surface area contributed by atoms with Crippen molar-refractivity contribution in [2.24, 2.45) is 0 Å². The van der Waals surface area contributed by atoms with Gasteiger partial charge in [0.2, 0.25) is 0 Å². The Kier molecular flexibility index (Phi) is 3.84. The fourth-order valence-electron chi connectivity index (χ4n) is 1.36. The van der Waals surface area contributed by atoms with Crippen molar-refractivity contribution in [1.29, 1.82) is 0 Å². The van der Waals surface area contributed by atoms with E-state index in [4.69, 9.17) is 5.11 Å². The molecule has 0 unspecified atom stereocenters. The molecule has 1 heterocycles. The summed E-state index contributed by atoms with van der Waals surface area (Å²) in [5.41, 5.74) is 0.381. The van der Waals surface area contributed by atoms with Gasteiger partial charge in [0.1, 0.15) is 0 Å². The number of nitrogens with zero attached hydrogens (tertiary/aromatic N) is 1. The molecule has 0 aliphatic carbocycles. The van der Waals surface area contributed by atoms with Gasteiger partial charge in [-0.2, -0.15) is 0 Å². The highest BCUT2D eigenvalue weighted by molar-refractivity contribution is 8.00. The second-order valence-corrected chi connectivity index (χ2v) is 4.65. The molecule has 1 aromatic heterocycles. The number of carbonyl (C=O) groups excluding carboxylic acids is 1. The fourth-order valence-corrected chi connectivity index (χ4v) is 2.14. The molecular formula is C13H11NO3S. The molecule has 1 aromatic carbocycles. The van der Waals surface area contributed by atoms with Crippen LogP contribution in [0.2, 0.25) is 0 Å². The second-order valence-electron chi connectivity index (χ2n) is 3.60. The minimum absolute atomic E-state index is 0.105. The van der Waals surface area contributed by atoms with E-state index in [0.29, 0.717) is 5.56 Å². The van der Waals surface area contributed by atoms with Crippen LogP contribution >= 0.6 is 11.8 Å². The van der Waals surface area contributed by atoms with E-state index in [1.807, 2.05) is 12.1 Å². The maximum absolute atomic E-state index is 11.9. The van der Waals surface area contributed by atoms with Gasteiger partial charge in [0.15, 0.2) is 17.3 Å². The average Bonchev–Trinajstić information content (AvgIpc) is 2.40. The SMILES string of the molecule is O=C(CSc1ccncc1)c1ccc(O)c(O)c1. The zero-order valence-electron chi connectivity index (χ0n) is 9.41. The lowest BCUT2D eigenvalue weighted by molar-refractivity contribution is 0.102. The summed E-state index contributed by atoms with van der Waals surface area (Å²) >= 11 is 1.40. The molecule has 0 amide bonds. The number of benzene rings is 1. The number of phenols is 2. The molecule has 4 nitrogen and oxygen atoms in total. The Hall–Kier alpha value is -2.01. The first-order valence-electron chi connectivity index (χ1n) is 5.25. The lowest BCUT2D eigenvalue weighted by atomic mass is 10.1. The van der Waals surface area contributed by atoms with Crippen LogP contribution in [0, 0.1) is 0 Å². The van der Waals surface area contributed by atoms with Crippen molar-refractivity contribution in [2.75, 3.05) is 5.75 Å². The van der Waals surface area contributed by atoms with Gasteiger partial charge in [-0.25, -0.2) is 0 Å². The Balaban J connectivity index is 2.02. The monoisotopic (exact) mass is 261 g/mol. The Labute approximate surface area is 108 Å². The fraction of sp³-hybridized carbons (Fsp3) is 0.0769. The second kappa shape index (κ2) is 5.55. The van der Waals surface area contributed by atoms with E-state index in [9.17, 15) is 9.90 Å². The number of ketones is 1. The van der Waals surface area contributed by atoms with Crippen LogP contribution in [0.15, 0.2) is 47.6 Å². The number of phenolic OH excluding ortho intramolecular Hbond substituents is 2. The first-order chi connectivity index (χ1) is 8.66. The predicted octanol–water partition coefficient (Wildman–Crippen LogP) is 2.47. The van der Waals surface area contributed by atoms with Crippen molar-refractivity contribution in [3.63, 3.8) is 0 Å². The van der Waals surface area contributed by atoms with Gasteiger partial charge in [0, 0.05) is 22.9 Å². The third kappa shape index (κ3) is 3.01. The maximum Gasteiger partial charge on any atom is 0.173 e. The summed E-state index contributed by atoms with van der Waals surface area (Å²) in [6, 6.07) is 7.72. The summed E-state index contributed by atoms with van der Waals surface area (Å²) in [5.74, 6) is -0.343. The Morgan fingerprint density at radius 2 is 1.83 bits per heavy atom. The van der Waals surface area contributed by atoms with Crippen LogP contribution in [0.25, 0.3) is 0 Å². The first kappa shape index (κ1) is 12.4. The Morgan fingerprint density at radius 1 is 1.11 bits per heavy atom. The van der Waals surface area contributed by atoms with Crippen molar-refractivity contribution >= 4 is 17.5 Å². The van der Waals surface area contributed by atoms with E-state index in [-0.39, 0.29) is 23.0 Å². The zero-order chi connectivity index (χ0) is 13.0. The molecule has 0 saturated carbocycles. The lowest BCUT2D eigenvalue weighted by Gasteiger charge is -2.03. The first-order valence-corrected chi connectivity index (χ1v) is 6.23. The normalized spacial score (nSPS) is 10.2. The van der Waals surface area contributed by atoms with Crippen molar-refractivity contribution < 1.29 is 15.0 Å². The molecule has 0 aliphatic heterocycles. The average molecular weight is 261 g/mol. The molecule has 0 fully saturated rings. The molecule has 0 saturated heterocycles. The van der Waals surface area contributed by atoms with E-state index in [0.717, 1.165) is 4.90 Å². The Morgan fingerprint density at radius 3 is 2.50 bits per heavy atom. The van der Waals surface area contributed by atoms with Gasteiger partial charge in [0.25, 0.3) is 0 Å². The number of carbonyl (C=O) groups is 1. The number of rotatable bonds is 4. The number of pyridine rings is 1. The number of Topliss-reactive ketones (excluding diaryl/α,β-unsaturated/α-hetero) is 1. The van der Waals surface area contributed by atoms with E-state index >= 15 is 0 Å². The van der Waals surface area contributed by atoms with Gasteiger partial charge in [0.05, 0.1) is 5.75 Å². The van der Waals surface area contributed by atoms with Crippen LogP contribution < -0.4 is 0 Å². The minimum Gasteiger partial charge on any atom is -0.504 e. The summed E-state index contributed by atoms with van der Waals surface area (Å²) in [4.78, 5) is 16.7. The zero-order valence-corrected chi connectivity index (χ0v) is 10.2. The highest BCUT2D eigenvalue weighted by Crippen LogP contribution is 2.26. The van der Waals surface area contributed by atoms with E-state index in [1.54, 1.807) is 12.4 Å². The van der Waals surface area contributed by atoms with E-state index in [1.165, 1.54) is 30.0 Å². The number of aromatic hydroxyl groups is 2. The van der Waals surface area contributed by atoms with Crippen molar-refractivity contribution in [1.82, 2.24) is 4.98 Å². The molecule has 92 valence electrons. The minimum atomic E-state index is -0.283. The van der Waals surface area contributed by atoms with Gasteiger partial charge in [-0.15, -0.1) is 11.8 Å². The number of thioether (sulfide) groups is 1. The summed E-state index contributed by atoms with van der Waals surface area (Å²) in [5, 5.41) is 18.5. The van der Waals surface area contributed by atoms with E-state index < -0.39 is 0 Å². The van der Waals surface area contributed by atoms with Gasteiger partial charge in [-0.3, -0.25) is 9.78 Å². The van der Waals surface area contributed by atoms with Crippen LogP contribution in [0.4, 0.5) is 0 Å². The molecular weight excluding hydrogens is 250 g/mol. The third-order valence-corrected chi connectivity index (χ3v) is 3.33. The smallest absolute Gasteiger partial charge is 0.173 e. The highest BCUT2D eigenvalue weighted by Gasteiger charge is 2.09. The molecule has 0 atom stereocenters. The van der Waals surface area contributed by atoms with Crippen LogP contribution in [0.1, 0.15) is 10.4 Å². The third-order valence-electron chi connectivity index (χ3n) is 2.32. The molecule has 0 aliphatic rings. The highest BCUT2D eigenvalue weighted by atomic mass is 32.2. The lowest BCUT2D eigenvalue weighted by Crippen LogP contribution is -2.01. The predicted molar refractivity (Wildman–Crippen MR) is 69.1 cm³/mol. The Bertz CT molecular complexity index is 557. The molecule has 2 aromatic rings. The molecule has 5 heteroatoms. The van der Waals surface area contributed by atoms with Crippen LogP contribution in [0.5, 0.6) is 11.5 Å². The van der Waals surface area contributed by atoms with Gasteiger partial charge >= 0.3 is 0 Å². The topological polar surface area (TPSA) is 70.4 Å². The van der Waals surface area contributed by atoms with Gasteiger partial charge in [-0.1, -0.05) is 0 Å². The molecule has 18 heavy (non-hydrogen) atoms. The van der Waals surface area contributed by atoms with Gasteiger partial charge < -0.3 is 10.2 Å². The van der Waals surface area contributed by atoms with Crippen molar-refractivity contribution in [3.05, 3.63) is 48.3 Å². The molecule has 0 bridgehead atoms. The largest absolute Gasteiger partial charge is 0.504 e. The van der Waals surface area contributed by atoms with Crippen LogP contribution in [0.3, 0.4) is 0 Å². The molecule has 0 radical (unpaired) electrons. The summed E-state index contributed by atoms with van der Waals surface area (Å²) in [6.45, 7) is 0. The summed E-state index contributed by atoms with van der Waals surface area (Å²) < 4.78 is 0. The molecule has 2 rings (SSSR count). The summed E-state index contributed by atoms with van der Waals surface area (Å²) in [6.07, 6.45) is 3.33. The molecule has 2 N–H and O–H groups in total.